The molecule has 5 rings (SSSR count). The Bertz CT molecular complexity index is 1570. The van der Waals surface area contributed by atoms with E-state index in [-0.39, 0.29) is 28.1 Å². The van der Waals surface area contributed by atoms with Gasteiger partial charge in [-0.25, -0.2) is 9.97 Å². The number of rotatable bonds is 6. The zero-order valence-corrected chi connectivity index (χ0v) is 20.2. The molecule has 0 saturated heterocycles. The Morgan fingerprint density at radius 3 is 2.16 bits per heavy atom. The molecule has 3 aromatic heterocycles. The Morgan fingerprint density at radius 2 is 1.54 bits per heavy atom. The second-order valence-electron chi connectivity index (χ2n) is 7.80. The van der Waals surface area contributed by atoms with Crippen molar-refractivity contribution >= 4 is 11.6 Å². The van der Waals surface area contributed by atoms with Crippen molar-refractivity contribution in [1.82, 2.24) is 19.7 Å². The van der Waals surface area contributed by atoms with Crippen molar-refractivity contribution in [2.24, 2.45) is 0 Å². The average Bonchev–Trinajstić information content (AvgIpc) is 3.56. The minimum Gasteiger partial charge on any atom is -0.497 e. The van der Waals surface area contributed by atoms with Gasteiger partial charge in [0.15, 0.2) is 11.5 Å². The van der Waals surface area contributed by atoms with Gasteiger partial charge in [-0.3, -0.25) is 0 Å². The van der Waals surface area contributed by atoms with Crippen molar-refractivity contribution in [3.63, 3.8) is 0 Å². The van der Waals surface area contributed by atoms with Crippen LogP contribution in [-0.2, 0) is 6.18 Å². The summed E-state index contributed by atoms with van der Waals surface area (Å²) in [6.45, 7) is 0. The summed E-state index contributed by atoms with van der Waals surface area (Å²) in [5, 5.41) is 4.75. The molecule has 188 valence electrons. The van der Waals surface area contributed by atoms with E-state index in [1.54, 1.807) is 54.6 Å². The fraction of sp³-hybridized carbons (Fsp3) is 0.115. The molecule has 0 amide bonds. The van der Waals surface area contributed by atoms with E-state index >= 15 is 0 Å². The molecule has 0 spiro atoms. The molecule has 2 aromatic carbocycles. The zero-order valence-electron chi connectivity index (χ0n) is 19.5. The van der Waals surface area contributed by atoms with E-state index in [2.05, 4.69) is 15.1 Å². The molecular weight excluding hydrogens is 509 g/mol. The average molecular weight is 527 g/mol. The van der Waals surface area contributed by atoms with Crippen LogP contribution in [0.4, 0.5) is 13.2 Å². The molecule has 0 N–H and O–H groups in total. The van der Waals surface area contributed by atoms with Gasteiger partial charge in [0.1, 0.15) is 22.9 Å². The lowest BCUT2D eigenvalue weighted by Gasteiger charge is -2.12. The number of nitrogens with zero attached hydrogens (tertiary/aromatic N) is 4. The first kappa shape index (κ1) is 24.4. The monoisotopic (exact) mass is 526 g/mol. The van der Waals surface area contributed by atoms with Gasteiger partial charge in [-0.1, -0.05) is 35.9 Å². The Morgan fingerprint density at radius 1 is 0.865 bits per heavy atom. The van der Waals surface area contributed by atoms with Crippen molar-refractivity contribution < 1.29 is 27.1 Å². The zero-order chi connectivity index (χ0) is 26.2. The van der Waals surface area contributed by atoms with E-state index in [0.717, 1.165) is 6.07 Å². The smallest absolute Gasteiger partial charge is 0.433 e. The highest BCUT2D eigenvalue weighted by molar-refractivity contribution is 6.35. The molecule has 0 aliphatic rings. The second kappa shape index (κ2) is 9.62. The van der Waals surface area contributed by atoms with Crippen molar-refractivity contribution in [2.45, 2.75) is 6.18 Å². The number of methoxy groups -OCH3 is 2. The van der Waals surface area contributed by atoms with E-state index in [4.69, 9.17) is 25.5 Å². The largest absolute Gasteiger partial charge is 0.497 e. The van der Waals surface area contributed by atoms with Crippen molar-refractivity contribution in [3.8, 4) is 51.4 Å². The summed E-state index contributed by atoms with van der Waals surface area (Å²) in [6, 6.07) is 17.8. The normalized spacial score (nSPS) is 11.5. The number of alkyl halides is 3. The van der Waals surface area contributed by atoms with Crippen molar-refractivity contribution in [2.75, 3.05) is 14.2 Å². The predicted molar refractivity (Wildman–Crippen MR) is 131 cm³/mol. The number of hydrogen-bond donors (Lipinski definition) is 0. The van der Waals surface area contributed by atoms with Gasteiger partial charge in [0.25, 0.3) is 5.95 Å². The van der Waals surface area contributed by atoms with Gasteiger partial charge in [-0.05, 0) is 42.5 Å². The van der Waals surface area contributed by atoms with Gasteiger partial charge in [-0.2, -0.15) is 23.0 Å². The van der Waals surface area contributed by atoms with E-state index in [9.17, 15) is 13.2 Å². The summed E-state index contributed by atoms with van der Waals surface area (Å²) in [6.07, 6.45) is -3.40. The molecule has 0 radical (unpaired) electrons. The molecule has 0 bridgehead atoms. The van der Waals surface area contributed by atoms with Crippen LogP contribution in [0.2, 0.25) is 5.02 Å². The molecule has 3 heterocycles. The molecule has 0 aliphatic carbocycles. The lowest BCUT2D eigenvalue weighted by atomic mass is 10.1. The maximum absolute atomic E-state index is 13.9. The minimum absolute atomic E-state index is 0.0616. The lowest BCUT2D eigenvalue weighted by molar-refractivity contribution is -0.141. The highest BCUT2D eigenvalue weighted by atomic mass is 35.5. The number of ether oxygens (including phenoxy) is 2. The Labute approximate surface area is 214 Å². The van der Waals surface area contributed by atoms with Crippen LogP contribution >= 0.6 is 11.6 Å². The summed E-state index contributed by atoms with van der Waals surface area (Å²) >= 11 is 6.85. The first-order valence-electron chi connectivity index (χ1n) is 10.9. The quantitative estimate of drug-likeness (QED) is 0.238. The molecule has 37 heavy (non-hydrogen) atoms. The van der Waals surface area contributed by atoms with Crippen LogP contribution in [0, 0.1) is 0 Å². The first-order valence-corrected chi connectivity index (χ1v) is 11.2. The molecule has 7 nitrogen and oxygen atoms in total. The summed E-state index contributed by atoms with van der Waals surface area (Å²) in [4.78, 5) is 8.15. The molecule has 0 unspecified atom stereocenters. The third kappa shape index (κ3) is 4.75. The standard InChI is InChI=1S/C26H18ClF3N4O3/c1-35-17-8-3-6-15(12-17)23-22(27)24(16-7-4-9-18(13-16)36-2)34(33-23)25-31-19(20-10-5-11-37-20)14-21(32-25)26(28,29)30/h3-14H,1-2H3. The fourth-order valence-corrected chi connectivity index (χ4v) is 4.08. The van der Waals surface area contributed by atoms with E-state index < -0.39 is 11.9 Å². The molecule has 0 aliphatic heterocycles. The van der Waals surface area contributed by atoms with Crippen LogP contribution in [0.5, 0.6) is 11.5 Å². The molecular formula is C26H18ClF3N4O3. The van der Waals surface area contributed by atoms with Crippen molar-refractivity contribution in [1.29, 1.82) is 0 Å². The van der Waals surface area contributed by atoms with Crippen LogP contribution in [-0.4, -0.2) is 34.0 Å². The third-order valence-corrected chi connectivity index (χ3v) is 5.84. The summed E-state index contributed by atoms with van der Waals surface area (Å²) in [7, 11) is 3.03. The second-order valence-corrected chi connectivity index (χ2v) is 8.18. The number of aromatic nitrogens is 4. The topological polar surface area (TPSA) is 75.2 Å². The van der Waals surface area contributed by atoms with E-state index in [1.807, 2.05) is 0 Å². The van der Waals surface area contributed by atoms with Crippen molar-refractivity contribution in [3.05, 3.63) is 83.7 Å². The van der Waals surface area contributed by atoms with Crippen LogP contribution < -0.4 is 9.47 Å². The highest BCUT2D eigenvalue weighted by Crippen LogP contribution is 2.40. The first-order chi connectivity index (χ1) is 17.8. The summed E-state index contributed by atoms with van der Waals surface area (Å²) in [5.74, 6) is 0.880. The maximum Gasteiger partial charge on any atom is 0.433 e. The SMILES string of the molecule is COc1cccc(-c2nn(-c3nc(-c4ccco4)cc(C(F)(F)F)n3)c(-c3cccc(OC)c3)c2Cl)c1. The van der Waals surface area contributed by atoms with Crippen LogP contribution in [0.25, 0.3) is 39.9 Å². The van der Waals surface area contributed by atoms with Crippen LogP contribution in [0.1, 0.15) is 5.69 Å². The van der Waals surface area contributed by atoms with Gasteiger partial charge in [0.05, 0.1) is 31.2 Å². The fourth-order valence-electron chi connectivity index (χ4n) is 3.74. The van der Waals surface area contributed by atoms with E-state index in [1.165, 1.54) is 31.2 Å². The molecule has 0 saturated carbocycles. The minimum atomic E-state index is -4.75. The van der Waals surface area contributed by atoms with Gasteiger partial charge in [-0.15, -0.1) is 0 Å². The van der Waals surface area contributed by atoms with Gasteiger partial charge in [0.2, 0.25) is 0 Å². The molecule has 5 aromatic rings. The summed E-state index contributed by atoms with van der Waals surface area (Å²) < 4.78 is 58.7. The van der Waals surface area contributed by atoms with Crippen LogP contribution in [0.3, 0.4) is 0 Å². The van der Waals surface area contributed by atoms with Gasteiger partial charge in [0, 0.05) is 11.1 Å². The summed E-state index contributed by atoms with van der Waals surface area (Å²) in [5.41, 5.74) is 0.489. The lowest BCUT2D eigenvalue weighted by Crippen LogP contribution is -2.14. The molecule has 0 atom stereocenters. The molecule has 0 fully saturated rings. The number of benzene rings is 2. The number of halogens is 4. The van der Waals surface area contributed by atoms with Gasteiger partial charge >= 0.3 is 6.18 Å². The Hall–Kier alpha value is -4.31. The highest BCUT2D eigenvalue weighted by Gasteiger charge is 2.35. The van der Waals surface area contributed by atoms with E-state index in [0.29, 0.717) is 28.3 Å². The number of furan rings is 1. The maximum atomic E-state index is 13.9. The number of hydrogen-bond acceptors (Lipinski definition) is 6. The molecule has 11 heteroatoms. The Kier molecular flexibility index (Phi) is 6.34. The van der Waals surface area contributed by atoms with Crippen LogP contribution in [0.15, 0.2) is 77.4 Å². The third-order valence-electron chi connectivity index (χ3n) is 5.48. The van der Waals surface area contributed by atoms with Gasteiger partial charge < -0.3 is 13.9 Å². The Balaban J connectivity index is 1.80. The predicted octanol–water partition coefficient (Wildman–Crippen LogP) is 6.95.